The first kappa shape index (κ1) is 17.0. The number of carbonyl (C=O) groups excluding carboxylic acids is 1. The molecule has 0 aromatic heterocycles. The first-order valence-corrected chi connectivity index (χ1v) is 9.43. The fourth-order valence-electron chi connectivity index (χ4n) is 2.95. The molecule has 3 rings (SSSR count). The van der Waals surface area contributed by atoms with E-state index < -0.39 is 10.0 Å². The predicted octanol–water partition coefficient (Wildman–Crippen LogP) is 1.02. The fraction of sp³-hybridized carbons (Fsp3) is 0.533. The molecule has 2 aliphatic heterocycles. The third-order valence-corrected chi connectivity index (χ3v) is 6.14. The maximum atomic E-state index is 12.8. The highest BCUT2D eigenvalue weighted by atomic mass is 32.2. The molecule has 0 radical (unpaired) electrons. The minimum Gasteiger partial charge on any atom is -0.361 e. The maximum absolute atomic E-state index is 12.8. The van der Waals surface area contributed by atoms with Crippen LogP contribution in [0, 0.1) is 0 Å². The zero-order valence-electron chi connectivity index (χ0n) is 13.6. The highest BCUT2D eigenvalue weighted by Gasteiger charge is 2.29. The van der Waals surface area contributed by atoms with Gasteiger partial charge in [-0.05, 0) is 31.0 Å². The van der Waals surface area contributed by atoms with Gasteiger partial charge in [0, 0.05) is 20.1 Å². The summed E-state index contributed by atoms with van der Waals surface area (Å²) in [6.45, 7) is 2.12. The molecule has 0 saturated carbocycles. The number of hydrogen-bond acceptors (Lipinski definition) is 5. The summed E-state index contributed by atoms with van der Waals surface area (Å²) in [6, 6.07) is 4.52. The number of nitrogens with zero attached hydrogens (tertiary/aromatic N) is 2. The van der Waals surface area contributed by atoms with Crippen LogP contribution >= 0.6 is 0 Å². The van der Waals surface area contributed by atoms with E-state index in [1.807, 2.05) is 0 Å². The summed E-state index contributed by atoms with van der Waals surface area (Å²) in [5.41, 5.74) is 1.21. The van der Waals surface area contributed by atoms with Crippen LogP contribution in [0.4, 0.5) is 16.2 Å². The second-order valence-electron chi connectivity index (χ2n) is 5.73. The number of nitrogens with one attached hydrogen (secondary N) is 2. The Balaban J connectivity index is 2.02. The maximum Gasteiger partial charge on any atom is 0.321 e. The Bertz CT molecular complexity index is 716. The van der Waals surface area contributed by atoms with E-state index >= 15 is 0 Å². The first-order valence-electron chi connectivity index (χ1n) is 7.99. The average molecular weight is 354 g/mol. The van der Waals surface area contributed by atoms with Crippen molar-refractivity contribution in [3.63, 3.8) is 0 Å². The largest absolute Gasteiger partial charge is 0.361 e. The molecule has 2 aliphatic rings. The van der Waals surface area contributed by atoms with E-state index in [1.54, 1.807) is 25.2 Å². The normalized spacial score (nSPS) is 19.1. The standard InChI is InChI=1S/C15H22N4O4S/c1-16-15(20)19-8-9-23-11-17-13-5-4-12(10-14(13)19)24(21,22)18-6-2-3-7-18/h4-5,10,17H,2-3,6-9,11H2,1H3,(H,16,20). The van der Waals surface area contributed by atoms with E-state index in [4.69, 9.17) is 4.74 Å². The lowest BCUT2D eigenvalue weighted by Gasteiger charge is -2.28. The Morgan fingerprint density at radius 1 is 1.25 bits per heavy atom. The van der Waals surface area contributed by atoms with E-state index in [0.717, 1.165) is 12.8 Å². The molecule has 1 fully saturated rings. The number of hydrogen-bond donors (Lipinski definition) is 2. The fourth-order valence-corrected chi connectivity index (χ4v) is 4.48. The number of carbonyl (C=O) groups is 1. The number of amides is 2. The Morgan fingerprint density at radius 2 is 2.00 bits per heavy atom. The average Bonchev–Trinajstić information content (AvgIpc) is 3.10. The molecule has 2 N–H and O–H groups in total. The highest BCUT2D eigenvalue weighted by Crippen LogP contribution is 2.32. The predicted molar refractivity (Wildman–Crippen MR) is 90.7 cm³/mol. The number of ether oxygens (including phenoxy) is 1. The van der Waals surface area contributed by atoms with Gasteiger partial charge in [0.1, 0.15) is 6.73 Å². The van der Waals surface area contributed by atoms with Crippen molar-refractivity contribution in [1.82, 2.24) is 9.62 Å². The van der Waals surface area contributed by atoms with Gasteiger partial charge in [-0.15, -0.1) is 0 Å². The smallest absolute Gasteiger partial charge is 0.321 e. The van der Waals surface area contributed by atoms with Gasteiger partial charge < -0.3 is 15.4 Å². The summed E-state index contributed by atoms with van der Waals surface area (Å²) >= 11 is 0. The zero-order chi connectivity index (χ0) is 17.2. The lowest BCUT2D eigenvalue weighted by Crippen LogP contribution is -2.42. The lowest BCUT2D eigenvalue weighted by atomic mass is 10.2. The second-order valence-corrected chi connectivity index (χ2v) is 7.66. The molecule has 0 spiro atoms. The van der Waals surface area contributed by atoms with E-state index in [-0.39, 0.29) is 10.9 Å². The molecule has 132 valence electrons. The Hall–Kier alpha value is -1.84. The molecule has 0 unspecified atom stereocenters. The lowest BCUT2D eigenvalue weighted by molar-refractivity contribution is 0.156. The molecular weight excluding hydrogens is 332 g/mol. The Labute approximate surface area is 141 Å². The molecule has 8 nitrogen and oxygen atoms in total. The van der Waals surface area contributed by atoms with Crippen molar-refractivity contribution in [3.05, 3.63) is 18.2 Å². The molecule has 2 heterocycles. The first-order chi connectivity index (χ1) is 11.5. The van der Waals surface area contributed by atoms with Crippen LogP contribution in [0.2, 0.25) is 0 Å². The van der Waals surface area contributed by atoms with E-state index in [0.29, 0.717) is 44.3 Å². The summed E-state index contributed by atoms with van der Waals surface area (Å²) in [5.74, 6) is 0. The number of benzene rings is 1. The minimum absolute atomic E-state index is 0.209. The molecule has 0 aliphatic carbocycles. The van der Waals surface area contributed by atoms with Gasteiger partial charge in [0.25, 0.3) is 0 Å². The van der Waals surface area contributed by atoms with E-state index in [9.17, 15) is 13.2 Å². The van der Waals surface area contributed by atoms with Gasteiger partial charge in [0.2, 0.25) is 10.0 Å². The SMILES string of the molecule is CNC(=O)N1CCOCNc2ccc(S(=O)(=O)N3CCCC3)cc21. The quantitative estimate of drug-likeness (QED) is 0.827. The van der Waals surface area contributed by atoms with Crippen molar-refractivity contribution >= 4 is 27.4 Å². The summed E-state index contributed by atoms with van der Waals surface area (Å²) in [5, 5.41) is 5.65. The molecule has 9 heteroatoms. The van der Waals surface area contributed by atoms with Crippen LogP contribution in [0.25, 0.3) is 0 Å². The summed E-state index contributed by atoms with van der Waals surface area (Å²) in [6.07, 6.45) is 1.76. The number of anilines is 2. The topological polar surface area (TPSA) is 91.0 Å². The number of sulfonamides is 1. The van der Waals surface area contributed by atoms with E-state index in [2.05, 4.69) is 10.6 Å². The van der Waals surface area contributed by atoms with Crippen LogP contribution in [-0.4, -0.2) is 58.8 Å². The van der Waals surface area contributed by atoms with Gasteiger partial charge >= 0.3 is 6.03 Å². The summed E-state index contributed by atoms with van der Waals surface area (Å²) in [4.78, 5) is 13.9. The van der Waals surface area contributed by atoms with Crippen LogP contribution in [0.3, 0.4) is 0 Å². The Kier molecular flexibility index (Phi) is 4.93. The van der Waals surface area contributed by atoms with Gasteiger partial charge in [-0.2, -0.15) is 4.31 Å². The molecule has 1 aromatic rings. The third kappa shape index (κ3) is 3.19. The monoisotopic (exact) mass is 354 g/mol. The zero-order valence-corrected chi connectivity index (χ0v) is 14.4. The van der Waals surface area contributed by atoms with Crippen molar-refractivity contribution in [1.29, 1.82) is 0 Å². The highest BCUT2D eigenvalue weighted by molar-refractivity contribution is 7.89. The molecule has 24 heavy (non-hydrogen) atoms. The van der Waals surface area contributed by atoms with E-state index in [1.165, 1.54) is 9.21 Å². The number of fused-ring (bicyclic) bond motifs is 1. The molecule has 1 aromatic carbocycles. The van der Waals surface area contributed by atoms with Crippen molar-refractivity contribution in [2.24, 2.45) is 0 Å². The molecule has 2 amide bonds. The van der Waals surface area contributed by atoms with Crippen molar-refractivity contribution in [2.45, 2.75) is 17.7 Å². The van der Waals surface area contributed by atoms with Crippen molar-refractivity contribution in [2.75, 3.05) is 50.2 Å². The van der Waals surface area contributed by atoms with Crippen LogP contribution in [0.15, 0.2) is 23.1 Å². The number of rotatable bonds is 2. The summed E-state index contributed by atoms with van der Waals surface area (Å²) in [7, 11) is -1.99. The Morgan fingerprint density at radius 3 is 2.71 bits per heavy atom. The molecule has 0 atom stereocenters. The van der Waals surface area contributed by atoms with Gasteiger partial charge in [0.05, 0.1) is 29.4 Å². The molecule has 0 bridgehead atoms. The van der Waals surface area contributed by atoms with Crippen molar-refractivity contribution in [3.8, 4) is 0 Å². The van der Waals surface area contributed by atoms with Gasteiger partial charge in [0.15, 0.2) is 0 Å². The minimum atomic E-state index is -3.53. The molecule has 1 saturated heterocycles. The molecular formula is C15H22N4O4S. The second kappa shape index (κ2) is 6.96. The van der Waals surface area contributed by atoms with Crippen molar-refractivity contribution < 1.29 is 17.9 Å². The van der Waals surface area contributed by atoms with Crippen LogP contribution in [0.1, 0.15) is 12.8 Å². The van der Waals surface area contributed by atoms with Crippen LogP contribution in [-0.2, 0) is 14.8 Å². The third-order valence-electron chi connectivity index (χ3n) is 4.25. The van der Waals surface area contributed by atoms with Gasteiger partial charge in [-0.1, -0.05) is 0 Å². The van der Waals surface area contributed by atoms with Gasteiger partial charge in [-0.25, -0.2) is 13.2 Å². The summed E-state index contributed by atoms with van der Waals surface area (Å²) < 4.78 is 32.4. The number of urea groups is 1. The van der Waals surface area contributed by atoms with Gasteiger partial charge in [-0.3, -0.25) is 4.90 Å². The van der Waals surface area contributed by atoms with Crippen LogP contribution < -0.4 is 15.5 Å². The van der Waals surface area contributed by atoms with Crippen LogP contribution in [0.5, 0.6) is 0 Å².